The number of hydrogen-bond donors (Lipinski definition) is 1. The van der Waals surface area contributed by atoms with E-state index in [0.29, 0.717) is 35.1 Å². The van der Waals surface area contributed by atoms with Crippen LogP contribution in [0.15, 0.2) is 30.5 Å². The average Bonchev–Trinajstić information content (AvgIpc) is 3.10. The molecule has 0 saturated heterocycles. The first-order valence-electron chi connectivity index (χ1n) is 8.16. The molecule has 3 aromatic heterocycles. The number of pyridine rings is 1. The van der Waals surface area contributed by atoms with Crippen molar-refractivity contribution in [2.75, 3.05) is 6.54 Å². The van der Waals surface area contributed by atoms with Crippen molar-refractivity contribution in [1.82, 2.24) is 24.9 Å². The van der Waals surface area contributed by atoms with Gasteiger partial charge < -0.3 is 5.32 Å². The van der Waals surface area contributed by atoms with E-state index in [2.05, 4.69) is 20.4 Å². The Bertz CT molecular complexity index is 1100. The molecule has 0 saturated carbocycles. The van der Waals surface area contributed by atoms with Crippen molar-refractivity contribution in [2.24, 2.45) is 0 Å². The second kappa shape index (κ2) is 6.45. The Morgan fingerprint density at radius 3 is 2.92 bits per heavy atom. The van der Waals surface area contributed by atoms with Crippen LogP contribution >= 0.6 is 11.3 Å². The average molecular weight is 369 g/mol. The molecule has 1 amide bonds. The summed E-state index contributed by atoms with van der Waals surface area (Å²) < 4.78 is 15.2. The van der Waals surface area contributed by atoms with Crippen LogP contribution < -0.4 is 5.32 Å². The molecule has 0 fully saturated rings. The number of carbonyl (C=O) groups excluding carboxylic acids is 1. The maximum absolute atomic E-state index is 13.4. The van der Waals surface area contributed by atoms with Crippen LogP contribution in [0.5, 0.6) is 0 Å². The fourth-order valence-corrected chi connectivity index (χ4v) is 3.63. The van der Waals surface area contributed by atoms with Gasteiger partial charge in [0.1, 0.15) is 10.8 Å². The molecule has 0 aliphatic carbocycles. The lowest BCUT2D eigenvalue weighted by Gasteiger charge is -2.09. The minimum atomic E-state index is -0.370. The highest BCUT2D eigenvalue weighted by Crippen LogP contribution is 2.19. The van der Waals surface area contributed by atoms with Gasteiger partial charge in [-0.1, -0.05) is 11.3 Å². The molecule has 0 aliphatic heterocycles. The van der Waals surface area contributed by atoms with E-state index in [1.807, 2.05) is 13.1 Å². The standard InChI is InChI=1S/C18H16FN5OS/c1-10-7-15(14-4-3-12(19)8-16(14)21-10)17(25)20-6-5-13-9-24-18(22-13)26-11(2)23-24/h3-4,7-9H,5-6H2,1-2H3,(H,20,25). The number of halogens is 1. The summed E-state index contributed by atoms with van der Waals surface area (Å²) in [7, 11) is 0. The van der Waals surface area contributed by atoms with Gasteiger partial charge in [0.25, 0.3) is 5.91 Å². The number of imidazole rings is 1. The molecule has 1 N–H and O–H groups in total. The van der Waals surface area contributed by atoms with Gasteiger partial charge >= 0.3 is 0 Å². The van der Waals surface area contributed by atoms with Gasteiger partial charge in [-0.2, -0.15) is 5.10 Å². The number of nitrogens with one attached hydrogen (secondary N) is 1. The minimum Gasteiger partial charge on any atom is -0.352 e. The highest BCUT2D eigenvalue weighted by atomic mass is 32.1. The number of rotatable bonds is 4. The molecule has 0 bridgehead atoms. The van der Waals surface area contributed by atoms with E-state index in [0.717, 1.165) is 15.7 Å². The van der Waals surface area contributed by atoms with Crippen molar-refractivity contribution < 1.29 is 9.18 Å². The number of carbonyl (C=O) groups is 1. The zero-order chi connectivity index (χ0) is 18.3. The summed E-state index contributed by atoms with van der Waals surface area (Å²) in [5, 5.41) is 8.82. The Morgan fingerprint density at radius 1 is 1.27 bits per heavy atom. The Kier molecular flexibility index (Phi) is 4.12. The summed E-state index contributed by atoms with van der Waals surface area (Å²) in [6.07, 6.45) is 2.48. The molecule has 0 aliphatic rings. The zero-order valence-electron chi connectivity index (χ0n) is 14.3. The summed E-state index contributed by atoms with van der Waals surface area (Å²) >= 11 is 1.53. The third-order valence-electron chi connectivity index (χ3n) is 4.01. The molecule has 3 heterocycles. The summed E-state index contributed by atoms with van der Waals surface area (Å²) in [6, 6.07) is 5.98. The van der Waals surface area contributed by atoms with Gasteiger partial charge in [0.2, 0.25) is 4.96 Å². The highest BCUT2D eigenvalue weighted by molar-refractivity contribution is 7.16. The Balaban J connectivity index is 1.49. The molecule has 8 heteroatoms. The van der Waals surface area contributed by atoms with E-state index in [9.17, 15) is 9.18 Å². The van der Waals surface area contributed by atoms with Crippen molar-refractivity contribution in [1.29, 1.82) is 0 Å². The van der Waals surface area contributed by atoms with Crippen LogP contribution in [-0.2, 0) is 6.42 Å². The normalized spacial score (nSPS) is 11.3. The molecular weight excluding hydrogens is 353 g/mol. The second-order valence-electron chi connectivity index (χ2n) is 6.06. The van der Waals surface area contributed by atoms with E-state index < -0.39 is 0 Å². The molecule has 0 radical (unpaired) electrons. The van der Waals surface area contributed by atoms with Crippen molar-refractivity contribution in [3.8, 4) is 0 Å². The van der Waals surface area contributed by atoms with Crippen molar-refractivity contribution in [3.63, 3.8) is 0 Å². The molecule has 1 aromatic carbocycles. The smallest absolute Gasteiger partial charge is 0.252 e. The first-order chi connectivity index (χ1) is 12.5. The maximum atomic E-state index is 13.4. The lowest BCUT2D eigenvalue weighted by Crippen LogP contribution is -2.26. The van der Waals surface area contributed by atoms with Crippen molar-refractivity contribution in [3.05, 3.63) is 58.2 Å². The number of aryl methyl sites for hydroxylation is 2. The van der Waals surface area contributed by atoms with Crippen LogP contribution in [0.3, 0.4) is 0 Å². The molecule has 0 unspecified atom stereocenters. The van der Waals surface area contributed by atoms with E-state index in [4.69, 9.17) is 0 Å². The number of fused-ring (bicyclic) bond motifs is 2. The fourth-order valence-electron chi connectivity index (χ4n) is 2.89. The molecular formula is C18H16FN5OS. The SMILES string of the molecule is Cc1cc(C(=O)NCCc2cn3nc(C)sc3n2)c2ccc(F)cc2n1. The third kappa shape index (κ3) is 3.15. The van der Waals surface area contributed by atoms with Crippen molar-refractivity contribution >= 4 is 33.1 Å². The second-order valence-corrected chi connectivity index (χ2v) is 7.22. The Morgan fingerprint density at radius 2 is 2.12 bits per heavy atom. The molecule has 6 nitrogen and oxygen atoms in total. The van der Waals surface area contributed by atoms with E-state index in [1.54, 1.807) is 23.6 Å². The number of hydrogen-bond acceptors (Lipinski definition) is 5. The van der Waals surface area contributed by atoms with Crippen LogP contribution in [0.25, 0.3) is 15.9 Å². The van der Waals surface area contributed by atoms with Crippen LogP contribution in [0.2, 0.25) is 0 Å². The van der Waals surface area contributed by atoms with Gasteiger partial charge in [-0.05, 0) is 32.0 Å². The van der Waals surface area contributed by atoms with Gasteiger partial charge in [0.15, 0.2) is 0 Å². The van der Waals surface area contributed by atoms with Crippen LogP contribution in [0.4, 0.5) is 4.39 Å². The fraction of sp³-hybridized carbons (Fsp3) is 0.222. The molecule has 4 aromatic rings. The van der Waals surface area contributed by atoms with Gasteiger partial charge in [0, 0.05) is 30.1 Å². The summed E-state index contributed by atoms with van der Waals surface area (Å²) in [6.45, 7) is 4.17. The minimum absolute atomic E-state index is 0.206. The van der Waals surface area contributed by atoms with Crippen LogP contribution in [-0.4, -0.2) is 32.0 Å². The Labute approximate surface area is 152 Å². The first kappa shape index (κ1) is 16.6. The largest absolute Gasteiger partial charge is 0.352 e. The molecule has 132 valence electrons. The van der Waals surface area contributed by atoms with Gasteiger partial charge in [-0.25, -0.2) is 13.9 Å². The van der Waals surface area contributed by atoms with Crippen LogP contribution in [0, 0.1) is 19.7 Å². The number of aromatic nitrogens is 4. The summed E-state index contributed by atoms with van der Waals surface area (Å²) in [4.78, 5) is 22.2. The molecule has 26 heavy (non-hydrogen) atoms. The number of nitrogens with zero attached hydrogens (tertiary/aromatic N) is 4. The topological polar surface area (TPSA) is 72.2 Å². The Hall–Kier alpha value is -2.87. The lowest BCUT2D eigenvalue weighted by atomic mass is 10.1. The molecule has 0 spiro atoms. The molecule has 4 rings (SSSR count). The lowest BCUT2D eigenvalue weighted by molar-refractivity contribution is 0.0955. The summed E-state index contributed by atoms with van der Waals surface area (Å²) in [5.74, 6) is -0.576. The van der Waals surface area contributed by atoms with Gasteiger partial charge in [-0.15, -0.1) is 0 Å². The summed E-state index contributed by atoms with van der Waals surface area (Å²) in [5.41, 5.74) is 2.52. The number of amides is 1. The van der Waals surface area contributed by atoms with E-state index >= 15 is 0 Å². The van der Waals surface area contributed by atoms with Gasteiger partial charge in [0.05, 0.1) is 23.0 Å². The van der Waals surface area contributed by atoms with E-state index in [1.165, 1.54) is 23.5 Å². The predicted octanol–water partition coefficient (Wildman–Crippen LogP) is 3.07. The quantitative estimate of drug-likeness (QED) is 0.600. The molecule has 0 atom stereocenters. The van der Waals surface area contributed by atoms with Crippen LogP contribution in [0.1, 0.15) is 26.8 Å². The predicted molar refractivity (Wildman–Crippen MR) is 98.1 cm³/mol. The maximum Gasteiger partial charge on any atom is 0.252 e. The first-order valence-corrected chi connectivity index (χ1v) is 8.98. The zero-order valence-corrected chi connectivity index (χ0v) is 15.1. The van der Waals surface area contributed by atoms with Gasteiger partial charge in [-0.3, -0.25) is 9.78 Å². The monoisotopic (exact) mass is 369 g/mol. The third-order valence-corrected chi connectivity index (χ3v) is 4.84. The number of benzene rings is 1. The van der Waals surface area contributed by atoms with E-state index in [-0.39, 0.29) is 11.7 Å². The van der Waals surface area contributed by atoms with Crippen molar-refractivity contribution in [2.45, 2.75) is 20.3 Å². The highest BCUT2D eigenvalue weighted by Gasteiger charge is 2.13.